The van der Waals surface area contributed by atoms with Gasteiger partial charge in [0.25, 0.3) is 5.56 Å². The maximum Gasteiger partial charge on any atom is 0.259 e. The molecule has 31 heavy (non-hydrogen) atoms. The summed E-state index contributed by atoms with van der Waals surface area (Å²) in [7, 11) is 0. The molecule has 5 aromatic rings. The lowest BCUT2D eigenvalue weighted by atomic mass is 9.98. The highest BCUT2D eigenvalue weighted by Gasteiger charge is 2.30. The lowest BCUT2D eigenvalue weighted by Gasteiger charge is -2.35. The van der Waals surface area contributed by atoms with E-state index in [-0.39, 0.29) is 11.6 Å². The molecule has 0 amide bonds. The van der Waals surface area contributed by atoms with Crippen LogP contribution in [-0.4, -0.2) is 21.4 Å². The SMILES string of the molecule is O=c1[nH]c(CN2CCc3sccc3[C@@H]2c2cccs2)nc2sc(-c3ccccc3)cc12. The summed E-state index contributed by atoms with van der Waals surface area (Å²) in [5, 5.41) is 5.00. The van der Waals surface area contributed by atoms with Gasteiger partial charge in [-0.2, -0.15) is 0 Å². The number of nitrogens with one attached hydrogen (secondary N) is 1. The van der Waals surface area contributed by atoms with E-state index >= 15 is 0 Å². The second-order valence-electron chi connectivity index (χ2n) is 7.65. The first-order valence-electron chi connectivity index (χ1n) is 10.2. The maximum absolute atomic E-state index is 12.8. The Morgan fingerprint density at radius 1 is 1.06 bits per heavy atom. The lowest BCUT2D eigenvalue weighted by Crippen LogP contribution is -2.35. The zero-order chi connectivity index (χ0) is 20.8. The van der Waals surface area contributed by atoms with Gasteiger partial charge in [-0.1, -0.05) is 36.4 Å². The zero-order valence-corrected chi connectivity index (χ0v) is 19.0. The summed E-state index contributed by atoms with van der Waals surface area (Å²) in [6.07, 6.45) is 1.04. The number of thiophene rings is 3. The van der Waals surface area contributed by atoms with Crippen LogP contribution in [0.3, 0.4) is 0 Å². The van der Waals surface area contributed by atoms with Crippen LogP contribution in [0.5, 0.6) is 0 Å². The average Bonchev–Trinajstić information content (AvgIpc) is 3.55. The van der Waals surface area contributed by atoms with Crippen LogP contribution in [0.1, 0.15) is 27.2 Å². The van der Waals surface area contributed by atoms with Crippen molar-refractivity contribution < 1.29 is 0 Å². The van der Waals surface area contributed by atoms with Gasteiger partial charge in [-0.15, -0.1) is 34.0 Å². The fraction of sp³-hybridized carbons (Fsp3) is 0.167. The number of rotatable bonds is 4. The highest BCUT2D eigenvalue weighted by atomic mass is 32.1. The normalized spacial score (nSPS) is 16.6. The summed E-state index contributed by atoms with van der Waals surface area (Å²) in [6.45, 7) is 1.58. The molecule has 0 radical (unpaired) electrons. The van der Waals surface area contributed by atoms with Crippen molar-refractivity contribution in [2.75, 3.05) is 6.54 Å². The molecule has 1 N–H and O–H groups in total. The van der Waals surface area contributed by atoms with Gasteiger partial charge in [-0.25, -0.2) is 4.98 Å². The zero-order valence-electron chi connectivity index (χ0n) is 16.6. The third-order valence-corrected chi connectivity index (χ3v) is 8.74. The Labute approximate surface area is 191 Å². The molecule has 0 aliphatic carbocycles. The van der Waals surface area contributed by atoms with Crippen molar-refractivity contribution in [3.05, 3.63) is 96.9 Å². The molecule has 0 unspecified atom stereocenters. The molecule has 4 nitrogen and oxygen atoms in total. The fourth-order valence-corrected chi connectivity index (χ4v) is 7.14. The average molecular weight is 462 g/mol. The lowest BCUT2D eigenvalue weighted by molar-refractivity contribution is 0.204. The van der Waals surface area contributed by atoms with Crippen molar-refractivity contribution in [3.63, 3.8) is 0 Å². The molecule has 7 heteroatoms. The topological polar surface area (TPSA) is 49.0 Å². The standard InChI is InChI=1S/C24H19N3OS3/c28-23-17-13-20(15-5-2-1-3-6-15)31-24(17)26-21(25-23)14-27-10-8-18-16(9-12-30-18)22(27)19-7-4-11-29-19/h1-7,9,11-13,22H,8,10,14H2,(H,25,26,28)/t22-/m1/s1. The van der Waals surface area contributed by atoms with Crippen molar-refractivity contribution in [1.82, 2.24) is 14.9 Å². The van der Waals surface area contributed by atoms with Crippen LogP contribution in [0.25, 0.3) is 20.7 Å². The summed E-state index contributed by atoms with van der Waals surface area (Å²) in [6, 6.07) is 18.9. The van der Waals surface area contributed by atoms with Gasteiger partial charge in [0.05, 0.1) is 18.0 Å². The van der Waals surface area contributed by atoms with Crippen molar-refractivity contribution in [3.8, 4) is 10.4 Å². The minimum atomic E-state index is -0.0562. The Balaban J connectivity index is 1.37. The van der Waals surface area contributed by atoms with Gasteiger partial charge in [0, 0.05) is 21.2 Å². The first kappa shape index (κ1) is 19.1. The van der Waals surface area contributed by atoms with Gasteiger partial charge in [0.1, 0.15) is 10.7 Å². The molecule has 0 saturated carbocycles. The molecule has 0 spiro atoms. The van der Waals surface area contributed by atoms with E-state index < -0.39 is 0 Å². The number of benzene rings is 1. The largest absolute Gasteiger partial charge is 0.309 e. The van der Waals surface area contributed by atoms with E-state index in [1.54, 1.807) is 22.7 Å². The number of hydrogen-bond acceptors (Lipinski definition) is 6. The molecule has 4 aromatic heterocycles. The third-order valence-electron chi connectivity index (χ3n) is 5.74. The first-order chi connectivity index (χ1) is 15.3. The Hall–Kier alpha value is -2.58. The monoisotopic (exact) mass is 461 g/mol. The molecule has 5 heterocycles. The van der Waals surface area contributed by atoms with Gasteiger partial charge in [-0.05, 0) is 46.5 Å². The molecule has 154 valence electrons. The minimum absolute atomic E-state index is 0.0562. The number of aromatic amines is 1. The van der Waals surface area contributed by atoms with E-state index in [1.165, 1.54) is 15.3 Å². The second-order valence-corrected chi connectivity index (χ2v) is 10.7. The minimum Gasteiger partial charge on any atom is -0.309 e. The van der Waals surface area contributed by atoms with Crippen molar-refractivity contribution in [1.29, 1.82) is 0 Å². The molecule has 0 saturated heterocycles. The molecule has 1 aliphatic rings. The molecule has 1 aromatic carbocycles. The van der Waals surface area contributed by atoms with E-state index in [0.29, 0.717) is 11.9 Å². The number of hydrogen-bond donors (Lipinski definition) is 1. The molecule has 1 aliphatic heterocycles. The molecule has 6 rings (SSSR count). The van der Waals surface area contributed by atoms with Gasteiger partial charge < -0.3 is 4.98 Å². The molecule has 1 atom stereocenters. The quantitative estimate of drug-likeness (QED) is 0.361. The summed E-state index contributed by atoms with van der Waals surface area (Å²) >= 11 is 5.22. The fourth-order valence-electron chi connectivity index (χ4n) is 4.31. The van der Waals surface area contributed by atoms with Gasteiger partial charge in [-0.3, -0.25) is 9.69 Å². The van der Waals surface area contributed by atoms with Crippen LogP contribution in [0.2, 0.25) is 0 Å². The van der Waals surface area contributed by atoms with Gasteiger partial charge >= 0.3 is 0 Å². The number of nitrogens with zero attached hydrogens (tertiary/aromatic N) is 2. The van der Waals surface area contributed by atoms with Crippen LogP contribution in [-0.2, 0) is 13.0 Å². The van der Waals surface area contributed by atoms with Crippen LogP contribution in [0.4, 0.5) is 0 Å². The Kier molecular flexibility index (Phi) is 4.84. The highest BCUT2D eigenvalue weighted by Crippen LogP contribution is 2.40. The Morgan fingerprint density at radius 2 is 1.97 bits per heavy atom. The Bertz CT molecular complexity index is 1400. The van der Waals surface area contributed by atoms with Crippen molar-refractivity contribution in [2.45, 2.75) is 19.0 Å². The van der Waals surface area contributed by atoms with E-state index in [0.717, 1.165) is 34.1 Å². The molecule has 0 fully saturated rings. The first-order valence-corrected chi connectivity index (χ1v) is 12.8. The summed E-state index contributed by atoms with van der Waals surface area (Å²) in [4.78, 5) is 27.9. The Morgan fingerprint density at radius 3 is 2.81 bits per heavy atom. The van der Waals surface area contributed by atoms with Crippen LogP contribution < -0.4 is 5.56 Å². The smallest absolute Gasteiger partial charge is 0.259 e. The van der Waals surface area contributed by atoms with Crippen LogP contribution >= 0.6 is 34.0 Å². The number of H-pyrrole nitrogens is 1. The third kappa shape index (κ3) is 3.47. The van der Waals surface area contributed by atoms with Crippen molar-refractivity contribution in [2.24, 2.45) is 0 Å². The maximum atomic E-state index is 12.8. The predicted octanol–water partition coefficient (Wildman–Crippen LogP) is 5.92. The van der Waals surface area contributed by atoms with E-state index in [9.17, 15) is 4.79 Å². The van der Waals surface area contributed by atoms with E-state index in [2.05, 4.69) is 51.0 Å². The summed E-state index contributed by atoms with van der Waals surface area (Å²) in [5.74, 6) is 0.735. The number of aromatic nitrogens is 2. The highest BCUT2D eigenvalue weighted by molar-refractivity contribution is 7.21. The molecule has 0 bridgehead atoms. The van der Waals surface area contributed by atoms with E-state index in [1.807, 2.05) is 35.6 Å². The van der Waals surface area contributed by atoms with Gasteiger partial charge in [0.15, 0.2) is 0 Å². The summed E-state index contributed by atoms with van der Waals surface area (Å²) < 4.78 is 0. The van der Waals surface area contributed by atoms with Crippen LogP contribution in [0.15, 0.2) is 70.2 Å². The van der Waals surface area contributed by atoms with Crippen molar-refractivity contribution >= 4 is 44.2 Å². The second kappa shape index (κ2) is 7.84. The predicted molar refractivity (Wildman–Crippen MR) is 130 cm³/mol. The molecular weight excluding hydrogens is 442 g/mol. The number of fused-ring (bicyclic) bond motifs is 2. The van der Waals surface area contributed by atoms with Gasteiger partial charge in [0.2, 0.25) is 0 Å². The summed E-state index contributed by atoms with van der Waals surface area (Å²) in [5.41, 5.74) is 2.45. The van der Waals surface area contributed by atoms with E-state index in [4.69, 9.17) is 4.98 Å². The van der Waals surface area contributed by atoms with Crippen LogP contribution in [0, 0.1) is 0 Å². The molecular formula is C24H19N3OS3.